The molecular formula is C15H19BrN2O3. The summed E-state index contributed by atoms with van der Waals surface area (Å²) in [6, 6.07) is 6.97. The minimum atomic E-state index is -0.404. The van der Waals surface area contributed by atoms with Gasteiger partial charge in [-0.2, -0.15) is 0 Å². The quantitative estimate of drug-likeness (QED) is 0.857. The fourth-order valence-corrected chi connectivity index (χ4v) is 2.95. The molecule has 0 spiro atoms. The standard InChI is InChI=1S/C15H19BrN2O3/c1-10(19)11-6-7-18(8-11)9-14(20)17-15(21)12-4-2-3-5-13(12)16/h2-5,10-11,19H,6-9H2,1H3,(H,17,20,21). The largest absolute Gasteiger partial charge is 0.393 e. The van der Waals surface area contributed by atoms with Crippen LogP contribution in [0.15, 0.2) is 28.7 Å². The summed E-state index contributed by atoms with van der Waals surface area (Å²) < 4.78 is 0.658. The number of nitrogens with one attached hydrogen (secondary N) is 1. The van der Waals surface area contributed by atoms with Gasteiger partial charge in [0.05, 0.1) is 18.2 Å². The first-order valence-corrected chi connectivity index (χ1v) is 7.76. The highest BCUT2D eigenvalue weighted by Gasteiger charge is 2.27. The maximum atomic E-state index is 12.0. The fraction of sp³-hybridized carbons (Fsp3) is 0.467. The van der Waals surface area contributed by atoms with E-state index < -0.39 is 5.91 Å². The van der Waals surface area contributed by atoms with Gasteiger partial charge in [0.25, 0.3) is 5.91 Å². The van der Waals surface area contributed by atoms with E-state index in [0.29, 0.717) is 16.6 Å². The van der Waals surface area contributed by atoms with Gasteiger partial charge in [0.1, 0.15) is 0 Å². The SMILES string of the molecule is CC(O)C1CCN(CC(=O)NC(=O)c2ccccc2Br)C1. The van der Waals surface area contributed by atoms with Crippen molar-refractivity contribution in [1.82, 2.24) is 10.2 Å². The highest BCUT2D eigenvalue weighted by Crippen LogP contribution is 2.19. The van der Waals surface area contributed by atoms with E-state index >= 15 is 0 Å². The van der Waals surface area contributed by atoms with Crippen molar-refractivity contribution < 1.29 is 14.7 Å². The maximum absolute atomic E-state index is 12.0. The summed E-state index contributed by atoms with van der Waals surface area (Å²) in [7, 11) is 0. The number of aliphatic hydroxyl groups is 1. The number of aliphatic hydroxyl groups excluding tert-OH is 1. The Morgan fingerprint density at radius 2 is 2.19 bits per heavy atom. The Hall–Kier alpha value is -1.24. The van der Waals surface area contributed by atoms with E-state index in [1.165, 1.54) is 0 Å². The monoisotopic (exact) mass is 354 g/mol. The zero-order valence-corrected chi connectivity index (χ0v) is 13.5. The Kier molecular flexibility index (Phi) is 5.50. The van der Waals surface area contributed by atoms with Gasteiger partial charge in [-0.05, 0) is 53.9 Å². The lowest BCUT2D eigenvalue weighted by molar-refractivity contribution is -0.121. The van der Waals surface area contributed by atoms with Gasteiger partial charge >= 0.3 is 0 Å². The van der Waals surface area contributed by atoms with Crippen LogP contribution in [0.1, 0.15) is 23.7 Å². The first kappa shape index (κ1) is 16.1. The Morgan fingerprint density at radius 3 is 2.81 bits per heavy atom. The molecule has 1 aromatic rings. The molecule has 114 valence electrons. The van der Waals surface area contributed by atoms with Crippen LogP contribution in [0.25, 0.3) is 0 Å². The van der Waals surface area contributed by atoms with Gasteiger partial charge in [-0.1, -0.05) is 12.1 Å². The second-order valence-electron chi connectivity index (χ2n) is 5.38. The normalized spacial score (nSPS) is 20.2. The van der Waals surface area contributed by atoms with Crippen LogP contribution >= 0.6 is 15.9 Å². The van der Waals surface area contributed by atoms with Crippen molar-refractivity contribution in [2.24, 2.45) is 5.92 Å². The van der Waals surface area contributed by atoms with Gasteiger partial charge in [-0.3, -0.25) is 19.8 Å². The van der Waals surface area contributed by atoms with Gasteiger partial charge in [-0.15, -0.1) is 0 Å². The molecule has 0 aromatic heterocycles. The molecule has 0 saturated carbocycles. The van der Waals surface area contributed by atoms with Crippen LogP contribution < -0.4 is 5.32 Å². The molecule has 0 radical (unpaired) electrons. The molecule has 6 heteroatoms. The average Bonchev–Trinajstić information content (AvgIpc) is 2.87. The minimum absolute atomic E-state index is 0.180. The summed E-state index contributed by atoms with van der Waals surface area (Å²) in [5.74, 6) is -0.516. The van der Waals surface area contributed by atoms with E-state index in [1.54, 1.807) is 25.1 Å². The summed E-state index contributed by atoms with van der Waals surface area (Å²) in [5, 5.41) is 11.9. The average molecular weight is 355 g/mol. The third-order valence-electron chi connectivity index (χ3n) is 3.73. The lowest BCUT2D eigenvalue weighted by atomic mass is 10.0. The van der Waals surface area contributed by atoms with Crippen molar-refractivity contribution in [2.45, 2.75) is 19.4 Å². The number of halogens is 1. The highest BCUT2D eigenvalue weighted by molar-refractivity contribution is 9.10. The number of imide groups is 1. The lowest BCUT2D eigenvalue weighted by Crippen LogP contribution is -2.39. The number of carbonyl (C=O) groups is 2. The van der Waals surface area contributed by atoms with Gasteiger partial charge in [-0.25, -0.2) is 0 Å². The van der Waals surface area contributed by atoms with Crippen molar-refractivity contribution in [1.29, 1.82) is 0 Å². The predicted molar refractivity (Wildman–Crippen MR) is 82.8 cm³/mol. The number of hydrogen-bond acceptors (Lipinski definition) is 4. The molecule has 2 unspecified atom stereocenters. The molecule has 0 aliphatic carbocycles. The van der Waals surface area contributed by atoms with E-state index in [0.717, 1.165) is 13.0 Å². The molecule has 1 heterocycles. The van der Waals surface area contributed by atoms with Crippen LogP contribution in [-0.2, 0) is 4.79 Å². The lowest BCUT2D eigenvalue weighted by Gasteiger charge is -2.16. The van der Waals surface area contributed by atoms with E-state index in [2.05, 4.69) is 21.2 Å². The predicted octanol–water partition coefficient (Wildman–Crippen LogP) is 1.41. The second kappa shape index (κ2) is 7.15. The Morgan fingerprint density at radius 1 is 1.48 bits per heavy atom. The summed E-state index contributed by atoms with van der Waals surface area (Å²) in [6.45, 7) is 3.41. The van der Waals surface area contributed by atoms with Crippen LogP contribution in [0, 0.1) is 5.92 Å². The van der Waals surface area contributed by atoms with Crippen LogP contribution in [0.4, 0.5) is 0 Å². The third kappa shape index (κ3) is 4.36. The molecule has 2 N–H and O–H groups in total. The first-order chi connectivity index (χ1) is 9.97. The van der Waals surface area contributed by atoms with Crippen LogP contribution in [-0.4, -0.2) is 47.6 Å². The van der Waals surface area contributed by atoms with Crippen molar-refractivity contribution in [3.63, 3.8) is 0 Å². The Bertz CT molecular complexity index is 533. The minimum Gasteiger partial charge on any atom is -0.393 e. The molecule has 5 nitrogen and oxygen atoms in total. The first-order valence-electron chi connectivity index (χ1n) is 6.96. The Balaban J connectivity index is 1.85. The molecule has 1 aliphatic heterocycles. The van der Waals surface area contributed by atoms with Crippen molar-refractivity contribution in [3.8, 4) is 0 Å². The summed E-state index contributed by atoms with van der Waals surface area (Å²) >= 11 is 3.29. The number of nitrogens with zero attached hydrogens (tertiary/aromatic N) is 1. The fourth-order valence-electron chi connectivity index (χ4n) is 2.48. The van der Waals surface area contributed by atoms with Crippen LogP contribution in [0.3, 0.4) is 0 Å². The molecule has 1 aromatic carbocycles. The summed E-state index contributed by atoms with van der Waals surface area (Å²) in [4.78, 5) is 25.9. The van der Waals surface area contributed by atoms with Gasteiger partial charge < -0.3 is 5.11 Å². The van der Waals surface area contributed by atoms with Crippen LogP contribution in [0.5, 0.6) is 0 Å². The number of benzene rings is 1. The number of likely N-dealkylation sites (tertiary alicyclic amines) is 1. The van der Waals surface area contributed by atoms with Crippen molar-refractivity contribution in [3.05, 3.63) is 34.3 Å². The number of rotatable bonds is 4. The molecule has 21 heavy (non-hydrogen) atoms. The molecule has 1 fully saturated rings. The topological polar surface area (TPSA) is 69.6 Å². The summed E-state index contributed by atoms with van der Waals surface area (Å²) in [6.07, 6.45) is 0.517. The smallest absolute Gasteiger partial charge is 0.259 e. The number of carbonyl (C=O) groups excluding carboxylic acids is 2. The van der Waals surface area contributed by atoms with E-state index in [1.807, 2.05) is 11.0 Å². The summed E-state index contributed by atoms with van der Waals surface area (Å²) in [5.41, 5.74) is 0.439. The van der Waals surface area contributed by atoms with Crippen LogP contribution in [0.2, 0.25) is 0 Å². The van der Waals surface area contributed by atoms with Crippen molar-refractivity contribution in [2.75, 3.05) is 19.6 Å². The van der Waals surface area contributed by atoms with Gasteiger partial charge in [0.2, 0.25) is 5.91 Å². The Labute approximate surface area is 132 Å². The van der Waals surface area contributed by atoms with E-state index in [4.69, 9.17) is 0 Å². The molecular weight excluding hydrogens is 336 g/mol. The van der Waals surface area contributed by atoms with E-state index in [-0.39, 0.29) is 24.5 Å². The maximum Gasteiger partial charge on any atom is 0.259 e. The second-order valence-corrected chi connectivity index (χ2v) is 6.24. The molecule has 0 bridgehead atoms. The number of hydrogen-bond donors (Lipinski definition) is 2. The zero-order valence-electron chi connectivity index (χ0n) is 11.9. The highest BCUT2D eigenvalue weighted by atomic mass is 79.9. The molecule has 1 saturated heterocycles. The zero-order chi connectivity index (χ0) is 15.4. The van der Waals surface area contributed by atoms with Gasteiger partial charge in [0, 0.05) is 11.0 Å². The van der Waals surface area contributed by atoms with Crippen molar-refractivity contribution >= 4 is 27.7 Å². The molecule has 2 amide bonds. The third-order valence-corrected chi connectivity index (χ3v) is 4.42. The molecule has 2 rings (SSSR count). The van der Waals surface area contributed by atoms with Gasteiger partial charge in [0.15, 0.2) is 0 Å². The van der Waals surface area contributed by atoms with E-state index in [9.17, 15) is 14.7 Å². The molecule has 1 aliphatic rings. The molecule has 2 atom stereocenters. The number of amides is 2.